The zero-order valence-electron chi connectivity index (χ0n) is 12.6. The van der Waals surface area contributed by atoms with Crippen LogP contribution in [0.4, 0.5) is 0 Å². The van der Waals surface area contributed by atoms with Crippen molar-refractivity contribution in [2.45, 2.75) is 72.3 Å². The van der Waals surface area contributed by atoms with E-state index in [1.807, 2.05) is 0 Å². The average Bonchev–Trinajstić information content (AvgIpc) is 2.64. The van der Waals surface area contributed by atoms with Gasteiger partial charge in [-0.1, -0.05) is 41.5 Å². The molecule has 0 radical (unpaired) electrons. The summed E-state index contributed by atoms with van der Waals surface area (Å²) in [5.41, 5.74) is 1.30. The monoisotopic (exact) mass is 269 g/mol. The van der Waals surface area contributed by atoms with Crippen molar-refractivity contribution in [2.75, 3.05) is 0 Å². The number of nitrogens with zero attached hydrogens (tertiary/aromatic N) is 1. The third kappa shape index (κ3) is 4.69. The Bertz CT molecular complexity index is 371. The number of aryl methyl sites for hydroxylation is 1. The molecule has 0 fully saturated rings. The Hall–Kier alpha value is -0.410. The van der Waals surface area contributed by atoms with E-state index < -0.39 is 0 Å². The van der Waals surface area contributed by atoms with Crippen LogP contribution in [0.25, 0.3) is 0 Å². The summed E-state index contributed by atoms with van der Waals surface area (Å²) >= 11 is 1.74. The van der Waals surface area contributed by atoms with Gasteiger partial charge in [-0.3, -0.25) is 0 Å². The molecule has 1 N–H and O–H groups in total. The molecule has 0 amide bonds. The molecule has 1 atom stereocenters. The molecule has 0 spiro atoms. The summed E-state index contributed by atoms with van der Waals surface area (Å²) in [6, 6.07) is 0. The Balaban J connectivity index is 2.43. The van der Waals surface area contributed by atoms with Crippen LogP contribution in [0.3, 0.4) is 0 Å². The molecule has 1 aromatic heterocycles. The van der Waals surface area contributed by atoms with Gasteiger partial charge < -0.3 is 5.11 Å². The molecule has 1 aromatic rings. The number of aromatic nitrogens is 1. The number of hydrogen-bond acceptors (Lipinski definition) is 3. The van der Waals surface area contributed by atoms with Crippen molar-refractivity contribution in [1.82, 2.24) is 4.98 Å². The minimum atomic E-state index is -0.223. The lowest BCUT2D eigenvalue weighted by atomic mass is 9.86. The minimum absolute atomic E-state index is 0.0144. The molecular formula is C15H27NOS. The van der Waals surface area contributed by atoms with E-state index in [4.69, 9.17) is 0 Å². The number of aliphatic hydroxyl groups excluding tert-OH is 1. The standard InChI is InChI=1S/C15H27NOS/c1-14(2,3)11-10-18-13(16-11)9-7-8-12(17)15(4,5)6/h10,12,17H,7-9H2,1-6H3. The lowest BCUT2D eigenvalue weighted by Gasteiger charge is -2.25. The molecule has 1 rings (SSSR count). The van der Waals surface area contributed by atoms with E-state index in [1.165, 1.54) is 10.7 Å². The molecule has 0 aliphatic rings. The van der Waals surface area contributed by atoms with Gasteiger partial charge in [0.1, 0.15) is 0 Å². The fourth-order valence-electron chi connectivity index (χ4n) is 1.65. The van der Waals surface area contributed by atoms with Crippen LogP contribution in [-0.2, 0) is 11.8 Å². The van der Waals surface area contributed by atoms with Gasteiger partial charge in [0.2, 0.25) is 0 Å². The molecule has 3 heteroatoms. The van der Waals surface area contributed by atoms with E-state index in [-0.39, 0.29) is 16.9 Å². The zero-order valence-corrected chi connectivity index (χ0v) is 13.4. The summed E-state index contributed by atoms with van der Waals surface area (Å²) in [6.07, 6.45) is 2.62. The van der Waals surface area contributed by atoms with Gasteiger partial charge in [-0.05, 0) is 24.7 Å². The fourth-order valence-corrected chi connectivity index (χ4v) is 2.72. The van der Waals surface area contributed by atoms with Crippen LogP contribution in [0, 0.1) is 5.41 Å². The molecule has 18 heavy (non-hydrogen) atoms. The Morgan fingerprint density at radius 3 is 2.28 bits per heavy atom. The summed E-state index contributed by atoms with van der Waals surface area (Å²) in [4.78, 5) is 4.68. The van der Waals surface area contributed by atoms with Gasteiger partial charge >= 0.3 is 0 Å². The molecule has 0 aliphatic carbocycles. The van der Waals surface area contributed by atoms with Crippen molar-refractivity contribution in [3.05, 3.63) is 16.1 Å². The first-order chi connectivity index (χ1) is 8.10. The Labute approximate surface area is 115 Å². The van der Waals surface area contributed by atoms with Crippen molar-refractivity contribution in [3.63, 3.8) is 0 Å². The van der Waals surface area contributed by atoms with Crippen LogP contribution >= 0.6 is 11.3 Å². The first kappa shape index (κ1) is 15.6. The molecule has 0 bridgehead atoms. The summed E-state index contributed by atoms with van der Waals surface area (Å²) in [5.74, 6) is 0. The maximum Gasteiger partial charge on any atom is 0.0928 e. The number of rotatable bonds is 4. The summed E-state index contributed by atoms with van der Waals surface area (Å²) in [6.45, 7) is 12.8. The predicted molar refractivity (Wildman–Crippen MR) is 79.2 cm³/mol. The molecular weight excluding hydrogens is 242 g/mol. The van der Waals surface area contributed by atoms with E-state index in [0.29, 0.717) is 0 Å². The second-order valence-corrected chi connectivity index (χ2v) is 8.09. The maximum absolute atomic E-state index is 9.98. The van der Waals surface area contributed by atoms with Gasteiger partial charge in [0.25, 0.3) is 0 Å². The molecule has 0 aliphatic heterocycles. The van der Waals surface area contributed by atoms with Gasteiger partial charge in [-0.2, -0.15) is 0 Å². The van der Waals surface area contributed by atoms with Gasteiger partial charge in [-0.25, -0.2) is 4.98 Å². The van der Waals surface area contributed by atoms with Crippen LogP contribution in [0.2, 0.25) is 0 Å². The summed E-state index contributed by atoms with van der Waals surface area (Å²) in [7, 11) is 0. The van der Waals surface area contributed by atoms with Gasteiger partial charge in [0.15, 0.2) is 0 Å². The topological polar surface area (TPSA) is 33.1 Å². The fraction of sp³-hybridized carbons (Fsp3) is 0.800. The molecule has 104 valence electrons. The quantitative estimate of drug-likeness (QED) is 0.890. The highest BCUT2D eigenvalue weighted by Gasteiger charge is 2.22. The highest BCUT2D eigenvalue weighted by molar-refractivity contribution is 7.09. The molecule has 1 unspecified atom stereocenters. The third-order valence-electron chi connectivity index (χ3n) is 3.19. The van der Waals surface area contributed by atoms with Crippen molar-refractivity contribution in [1.29, 1.82) is 0 Å². The average molecular weight is 269 g/mol. The summed E-state index contributed by atoms with van der Waals surface area (Å²) in [5, 5.41) is 13.3. The third-order valence-corrected chi connectivity index (χ3v) is 4.10. The van der Waals surface area contributed by atoms with E-state index >= 15 is 0 Å². The molecule has 0 aromatic carbocycles. The smallest absolute Gasteiger partial charge is 0.0928 e. The van der Waals surface area contributed by atoms with E-state index in [9.17, 15) is 5.11 Å². The maximum atomic E-state index is 9.98. The number of aliphatic hydroxyl groups is 1. The van der Waals surface area contributed by atoms with E-state index in [0.717, 1.165) is 19.3 Å². The van der Waals surface area contributed by atoms with Gasteiger partial charge in [0.05, 0.1) is 16.8 Å². The predicted octanol–water partition coefficient (Wildman–Crippen LogP) is 4.17. The Kier molecular flexibility index (Phi) is 4.96. The second-order valence-electron chi connectivity index (χ2n) is 7.15. The first-order valence-corrected chi connectivity index (χ1v) is 7.61. The van der Waals surface area contributed by atoms with E-state index in [2.05, 4.69) is 51.9 Å². The van der Waals surface area contributed by atoms with Gasteiger partial charge in [0, 0.05) is 10.8 Å². The van der Waals surface area contributed by atoms with Crippen molar-refractivity contribution < 1.29 is 5.11 Å². The van der Waals surface area contributed by atoms with E-state index in [1.54, 1.807) is 11.3 Å². The first-order valence-electron chi connectivity index (χ1n) is 6.73. The highest BCUT2D eigenvalue weighted by atomic mass is 32.1. The van der Waals surface area contributed by atoms with Crippen LogP contribution in [0.1, 0.15) is 65.1 Å². The normalized spacial score (nSPS) is 14.8. The lowest BCUT2D eigenvalue weighted by Crippen LogP contribution is -2.25. The Morgan fingerprint density at radius 1 is 1.22 bits per heavy atom. The van der Waals surface area contributed by atoms with Crippen LogP contribution < -0.4 is 0 Å². The second kappa shape index (κ2) is 5.70. The Morgan fingerprint density at radius 2 is 1.83 bits per heavy atom. The zero-order chi connectivity index (χ0) is 14.0. The van der Waals surface area contributed by atoms with Crippen molar-refractivity contribution >= 4 is 11.3 Å². The SMILES string of the molecule is CC(C)(C)c1csc(CCCC(O)C(C)(C)C)n1. The molecule has 2 nitrogen and oxygen atoms in total. The molecule has 0 saturated carbocycles. The van der Waals surface area contributed by atoms with Gasteiger partial charge in [-0.15, -0.1) is 11.3 Å². The molecule has 0 saturated heterocycles. The van der Waals surface area contributed by atoms with Crippen LogP contribution in [-0.4, -0.2) is 16.2 Å². The highest BCUT2D eigenvalue weighted by Crippen LogP contribution is 2.26. The van der Waals surface area contributed by atoms with Crippen molar-refractivity contribution in [2.24, 2.45) is 5.41 Å². The summed E-state index contributed by atoms with van der Waals surface area (Å²) < 4.78 is 0. The number of thiazole rings is 1. The largest absolute Gasteiger partial charge is 0.393 e. The number of hydrogen-bond donors (Lipinski definition) is 1. The minimum Gasteiger partial charge on any atom is -0.393 e. The van der Waals surface area contributed by atoms with Crippen molar-refractivity contribution in [3.8, 4) is 0 Å². The van der Waals surface area contributed by atoms with Crippen LogP contribution in [0.15, 0.2) is 5.38 Å². The lowest BCUT2D eigenvalue weighted by molar-refractivity contribution is 0.0540. The molecule has 1 heterocycles. The van der Waals surface area contributed by atoms with Crippen LogP contribution in [0.5, 0.6) is 0 Å².